The van der Waals surface area contributed by atoms with Gasteiger partial charge in [0.05, 0.1) is 5.22 Å². The fourth-order valence-electron chi connectivity index (χ4n) is 4.16. The molecule has 2 aliphatic heterocycles. The Hall–Kier alpha value is -2.00. The molecule has 1 unspecified atom stereocenters. The highest BCUT2D eigenvalue weighted by molar-refractivity contribution is 6.15. The van der Waals surface area contributed by atoms with Gasteiger partial charge in [-0.05, 0) is 73.2 Å². The standard InChI is InChI=1S/C22H27F2NO4Si/c23-15-3-6-18-13(9-15)1-5-20(28-18)17(26)11-25-12-22(27,30)21-8-2-14-10-16(24)4-7-19(14)29-21/h3-4,6-7,9-10,17,20-21,25-27H,1-2,5,8,11-12H2,30H3/t17-,20+,21-,22?/m0/s1. The van der Waals surface area contributed by atoms with Crippen LogP contribution in [0.3, 0.4) is 0 Å². The smallest absolute Gasteiger partial charge is 0.126 e. The molecule has 30 heavy (non-hydrogen) atoms. The van der Waals surface area contributed by atoms with Crippen LogP contribution >= 0.6 is 0 Å². The molecule has 8 heteroatoms. The summed E-state index contributed by atoms with van der Waals surface area (Å²) in [6, 6.07) is 8.86. The van der Waals surface area contributed by atoms with Gasteiger partial charge in [0, 0.05) is 23.3 Å². The number of rotatable bonds is 6. The van der Waals surface area contributed by atoms with Crippen molar-refractivity contribution in [1.29, 1.82) is 0 Å². The van der Waals surface area contributed by atoms with Crippen molar-refractivity contribution in [3.8, 4) is 11.5 Å². The van der Waals surface area contributed by atoms with Gasteiger partial charge in [-0.15, -0.1) is 0 Å². The van der Waals surface area contributed by atoms with Crippen LogP contribution in [-0.2, 0) is 12.8 Å². The molecule has 0 amide bonds. The molecular weight excluding hydrogens is 408 g/mol. The topological polar surface area (TPSA) is 71.0 Å². The summed E-state index contributed by atoms with van der Waals surface area (Å²) in [5, 5.41) is 23.6. The van der Waals surface area contributed by atoms with E-state index in [4.69, 9.17) is 9.47 Å². The fourth-order valence-corrected chi connectivity index (χ4v) is 4.82. The maximum atomic E-state index is 13.4. The number of halogens is 2. The second kappa shape index (κ2) is 8.62. The molecule has 0 aromatic heterocycles. The summed E-state index contributed by atoms with van der Waals surface area (Å²) in [7, 11) is 0.472. The number of aliphatic hydroxyl groups is 2. The predicted molar refractivity (Wildman–Crippen MR) is 112 cm³/mol. The number of aliphatic hydroxyl groups excluding tert-OH is 1. The zero-order chi connectivity index (χ0) is 21.3. The van der Waals surface area contributed by atoms with Crippen LogP contribution in [0.25, 0.3) is 0 Å². The van der Waals surface area contributed by atoms with E-state index in [1.165, 1.54) is 24.3 Å². The van der Waals surface area contributed by atoms with Gasteiger partial charge in [-0.2, -0.15) is 0 Å². The van der Waals surface area contributed by atoms with E-state index < -0.39 is 11.3 Å². The number of aryl methyl sites for hydroxylation is 2. The SMILES string of the molecule is O[C@@H](CNCC(O)([SiH3])[C@@H]1CCc2cc(F)ccc2O1)[C@H]1CCc2cc(F)ccc2O1. The molecular formula is C22H27F2NO4Si. The zero-order valence-electron chi connectivity index (χ0n) is 16.9. The number of fused-ring (bicyclic) bond motifs is 2. The molecule has 3 N–H and O–H groups in total. The van der Waals surface area contributed by atoms with Gasteiger partial charge in [-0.1, -0.05) is 0 Å². The number of benzene rings is 2. The number of ether oxygens (including phenoxy) is 2. The van der Waals surface area contributed by atoms with Crippen LogP contribution < -0.4 is 14.8 Å². The average molecular weight is 436 g/mol. The summed E-state index contributed by atoms with van der Waals surface area (Å²) < 4.78 is 38.4. The number of nitrogens with one attached hydrogen (secondary N) is 1. The van der Waals surface area contributed by atoms with Gasteiger partial charge in [-0.25, -0.2) is 8.78 Å². The first-order valence-corrected chi connectivity index (χ1v) is 11.3. The van der Waals surface area contributed by atoms with E-state index in [0.29, 0.717) is 47.4 Å². The van der Waals surface area contributed by atoms with Crippen molar-refractivity contribution in [1.82, 2.24) is 5.32 Å². The third-order valence-corrected chi connectivity index (χ3v) is 6.92. The quantitative estimate of drug-likeness (QED) is 0.592. The minimum Gasteiger partial charge on any atom is -0.487 e. The van der Waals surface area contributed by atoms with Crippen LogP contribution in [0.4, 0.5) is 8.78 Å². The van der Waals surface area contributed by atoms with Gasteiger partial charge in [0.1, 0.15) is 41.4 Å². The molecule has 0 aliphatic carbocycles. The van der Waals surface area contributed by atoms with Gasteiger partial charge < -0.3 is 25.0 Å². The lowest BCUT2D eigenvalue weighted by atomic mass is 9.97. The van der Waals surface area contributed by atoms with Crippen LogP contribution in [-0.4, -0.2) is 57.1 Å². The van der Waals surface area contributed by atoms with Crippen molar-refractivity contribution in [3.05, 3.63) is 59.2 Å². The van der Waals surface area contributed by atoms with E-state index in [9.17, 15) is 19.0 Å². The van der Waals surface area contributed by atoms with Crippen LogP contribution in [0.2, 0.25) is 0 Å². The largest absolute Gasteiger partial charge is 0.487 e. The highest BCUT2D eigenvalue weighted by atomic mass is 28.1. The fraction of sp³-hybridized carbons (Fsp3) is 0.455. The van der Waals surface area contributed by atoms with Gasteiger partial charge >= 0.3 is 0 Å². The molecule has 0 saturated carbocycles. The lowest BCUT2D eigenvalue weighted by Crippen LogP contribution is -2.55. The van der Waals surface area contributed by atoms with E-state index in [2.05, 4.69) is 5.32 Å². The molecule has 4 rings (SSSR count). The Kier molecular flexibility index (Phi) is 6.10. The minimum atomic E-state index is -1.02. The molecule has 2 aromatic rings. The van der Waals surface area contributed by atoms with Crippen molar-refractivity contribution < 1.29 is 28.5 Å². The van der Waals surface area contributed by atoms with Crippen molar-refractivity contribution in [2.24, 2.45) is 0 Å². The monoisotopic (exact) mass is 435 g/mol. The van der Waals surface area contributed by atoms with Crippen molar-refractivity contribution in [3.63, 3.8) is 0 Å². The van der Waals surface area contributed by atoms with Crippen molar-refractivity contribution in [2.45, 2.75) is 49.2 Å². The van der Waals surface area contributed by atoms with E-state index in [1.807, 2.05) is 0 Å². The summed E-state index contributed by atoms with van der Waals surface area (Å²) in [6.45, 7) is 0.548. The van der Waals surface area contributed by atoms with Gasteiger partial charge in [0.25, 0.3) is 0 Å². The van der Waals surface area contributed by atoms with Crippen molar-refractivity contribution in [2.75, 3.05) is 13.1 Å². The predicted octanol–water partition coefficient (Wildman–Crippen LogP) is 1.06. The molecule has 0 radical (unpaired) electrons. The second-order valence-corrected chi connectivity index (χ2v) is 10.1. The zero-order valence-corrected chi connectivity index (χ0v) is 18.9. The van der Waals surface area contributed by atoms with E-state index in [1.54, 1.807) is 12.1 Å². The first kappa shape index (κ1) is 21.2. The van der Waals surface area contributed by atoms with Crippen molar-refractivity contribution >= 4 is 10.2 Å². The highest BCUT2D eigenvalue weighted by Crippen LogP contribution is 2.32. The molecule has 5 nitrogen and oxygen atoms in total. The molecule has 4 atom stereocenters. The molecule has 2 aromatic carbocycles. The van der Waals surface area contributed by atoms with Gasteiger partial charge in [0.2, 0.25) is 0 Å². The highest BCUT2D eigenvalue weighted by Gasteiger charge is 2.36. The Bertz CT molecular complexity index is 911. The van der Waals surface area contributed by atoms with E-state index in [0.717, 1.165) is 11.1 Å². The third-order valence-electron chi connectivity index (χ3n) is 5.93. The molecule has 2 aliphatic rings. The third kappa shape index (κ3) is 4.67. The second-order valence-electron chi connectivity index (χ2n) is 8.40. The van der Waals surface area contributed by atoms with Crippen LogP contribution in [0, 0.1) is 11.6 Å². The lowest BCUT2D eigenvalue weighted by Gasteiger charge is -2.37. The summed E-state index contributed by atoms with van der Waals surface area (Å²) in [5.41, 5.74) is 1.64. The Morgan fingerprint density at radius 1 is 1.03 bits per heavy atom. The van der Waals surface area contributed by atoms with Gasteiger partial charge in [0.15, 0.2) is 0 Å². The van der Waals surface area contributed by atoms with Gasteiger partial charge in [-0.3, -0.25) is 0 Å². The first-order valence-electron chi connectivity index (χ1n) is 10.3. The molecule has 0 fully saturated rings. The Labute approximate surface area is 177 Å². The molecule has 0 bridgehead atoms. The first-order chi connectivity index (χ1) is 14.3. The van der Waals surface area contributed by atoms with E-state index in [-0.39, 0.29) is 36.9 Å². The van der Waals surface area contributed by atoms with E-state index >= 15 is 0 Å². The molecule has 2 heterocycles. The summed E-state index contributed by atoms with van der Waals surface area (Å²) in [6.07, 6.45) is 1.00. The van der Waals surface area contributed by atoms with Crippen LogP contribution in [0.5, 0.6) is 11.5 Å². The van der Waals surface area contributed by atoms with Crippen LogP contribution in [0.1, 0.15) is 24.0 Å². The summed E-state index contributed by atoms with van der Waals surface area (Å²) in [4.78, 5) is 0. The Morgan fingerprint density at radius 2 is 1.63 bits per heavy atom. The lowest BCUT2D eigenvalue weighted by molar-refractivity contribution is -0.0142. The molecule has 0 spiro atoms. The summed E-state index contributed by atoms with van der Waals surface area (Å²) in [5.74, 6) is 0.650. The Balaban J connectivity index is 1.28. The number of hydrogen-bond donors (Lipinski definition) is 3. The maximum absolute atomic E-state index is 13.4. The summed E-state index contributed by atoms with van der Waals surface area (Å²) >= 11 is 0. The Morgan fingerprint density at radius 3 is 2.30 bits per heavy atom. The van der Waals surface area contributed by atoms with Crippen LogP contribution in [0.15, 0.2) is 36.4 Å². The average Bonchev–Trinajstić information content (AvgIpc) is 2.72. The minimum absolute atomic E-state index is 0.264. The molecule has 0 saturated heterocycles. The maximum Gasteiger partial charge on any atom is 0.126 e. The normalized spacial score (nSPS) is 23.5. The number of hydrogen-bond acceptors (Lipinski definition) is 5. The molecule has 162 valence electrons.